The van der Waals surface area contributed by atoms with Crippen molar-refractivity contribution in [3.8, 4) is 0 Å². The van der Waals surface area contributed by atoms with Gasteiger partial charge in [0, 0.05) is 23.9 Å². The molecule has 0 saturated heterocycles. The Morgan fingerprint density at radius 2 is 0.905 bits per heavy atom. The second-order valence-corrected chi connectivity index (χ2v) is 8.75. The monoisotopic (exact) mass is 325 g/mol. The van der Waals surface area contributed by atoms with Gasteiger partial charge < -0.3 is 5.32 Å². The minimum absolute atomic E-state index is 0.250. The number of rotatable bonds is 4. The topological polar surface area (TPSA) is 80.3 Å². The number of hydrogen-bond donors (Lipinski definition) is 1. The molecule has 2 aromatic rings. The summed E-state index contributed by atoms with van der Waals surface area (Å²) in [5, 5.41) is 3.07. The van der Waals surface area contributed by atoms with E-state index in [-0.39, 0.29) is 9.79 Å². The summed E-state index contributed by atoms with van der Waals surface area (Å²) < 4.78 is 45.4. The van der Waals surface area contributed by atoms with Crippen molar-refractivity contribution in [3.63, 3.8) is 0 Å². The van der Waals surface area contributed by atoms with Gasteiger partial charge in [-0.3, -0.25) is 0 Å². The summed E-state index contributed by atoms with van der Waals surface area (Å²) in [5.41, 5.74) is 1.43. The van der Waals surface area contributed by atoms with E-state index in [0.29, 0.717) is 0 Å². The van der Waals surface area contributed by atoms with E-state index in [1.165, 1.54) is 24.3 Å². The molecule has 2 rings (SSSR count). The smallest absolute Gasteiger partial charge is 0.175 e. The molecule has 0 aliphatic heterocycles. The van der Waals surface area contributed by atoms with Crippen LogP contribution in [0.1, 0.15) is 0 Å². The fourth-order valence-electron chi connectivity index (χ4n) is 1.74. The fourth-order valence-corrected chi connectivity index (χ4v) is 3.00. The average Bonchev–Trinajstić information content (AvgIpc) is 2.38. The number of benzene rings is 2. The number of sulfone groups is 2. The van der Waals surface area contributed by atoms with Gasteiger partial charge in [-0.25, -0.2) is 16.8 Å². The Hall–Kier alpha value is -1.86. The first-order valence-corrected chi connectivity index (χ1v) is 9.82. The molecule has 0 saturated carbocycles. The van der Waals surface area contributed by atoms with Crippen LogP contribution in [-0.2, 0) is 19.7 Å². The molecule has 0 radical (unpaired) electrons. The molecule has 0 bridgehead atoms. The third-order valence-electron chi connectivity index (χ3n) is 2.85. The molecule has 112 valence electrons. The molecule has 5 nitrogen and oxygen atoms in total. The van der Waals surface area contributed by atoms with Gasteiger partial charge >= 0.3 is 0 Å². The lowest BCUT2D eigenvalue weighted by molar-refractivity contribution is 0.600. The van der Waals surface area contributed by atoms with E-state index < -0.39 is 19.7 Å². The molecule has 0 unspecified atom stereocenters. The highest BCUT2D eigenvalue weighted by atomic mass is 32.2. The molecular formula is C14H15NO4S2. The van der Waals surface area contributed by atoms with Crippen LogP contribution >= 0.6 is 0 Å². The lowest BCUT2D eigenvalue weighted by atomic mass is 10.3. The first-order valence-electron chi connectivity index (χ1n) is 6.03. The van der Waals surface area contributed by atoms with Gasteiger partial charge in [-0.05, 0) is 48.5 Å². The normalized spacial score (nSPS) is 12.1. The van der Waals surface area contributed by atoms with Crippen molar-refractivity contribution in [1.82, 2.24) is 0 Å². The van der Waals surface area contributed by atoms with E-state index in [0.717, 1.165) is 23.9 Å². The predicted molar refractivity (Wildman–Crippen MR) is 82.4 cm³/mol. The average molecular weight is 325 g/mol. The van der Waals surface area contributed by atoms with Crippen molar-refractivity contribution < 1.29 is 16.8 Å². The summed E-state index contributed by atoms with van der Waals surface area (Å²) in [6.45, 7) is 0. The maximum atomic E-state index is 11.4. The molecule has 7 heteroatoms. The van der Waals surface area contributed by atoms with E-state index in [2.05, 4.69) is 5.32 Å². The zero-order valence-electron chi connectivity index (χ0n) is 11.6. The van der Waals surface area contributed by atoms with Crippen LogP contribution in [-0.4, -0.2) is 29.3 Å². The summed E-state index contributed by atoms with van der Waals surface area (Å²) in [7, 11) is -6.42. The molecule has 0 atom stereocenters. The van der Waals surface area contributed by atoms with Gasteiger partial charge in [0.2, 0.25) is 0 Å². The van der Waals surface area contributed by atoms with Crippen LogP contribution in [0.2, 0.25) is 0 Å². The maximum absolute atomic E-state index is 11.4. The molecule has 0 aliphatic rings. The minimum atomic E-state index is -3.21. The zero-order valence-corrected chi connectivity index (χ0v) is 13.2. The van der Waals surface area contributed by atoms with Crippen molar-refractivity contribution in [2.75, 3.05) is 17.8 Å². The van der Waals surface area contributed by atoms with Gasteiger partial charge in [0.05, 0.1) is 9.79 Å². The van der Waals surface area contributed by atoms with Crippen LogP contribution in [0.25, 0.3) is 0 Å². The quantitative estimate of drug-likeness (QED) is 0.932. The third-order valence-corrected chi connectivity index (χ3v) is 5.11. The Morgan fingerprint density at radius 1 is 0.619 bits per heavy atom. The van der Waals surface area contributed by atoms with Gasteiger partial charge in [0.15, 0.2) is 19.7 Å². The van der Waals surface area contributed by atoms with Crippen LogP contribution in [0, 0.1) is 0 Å². The van der Waals surface area contributed by atoms with Crippen molar-refractivity contribution >= 4 is 31.0 Å². The van der Waals surface area contributed by atoms with Gasteiger partial charge in [0.1, 0.15) is 0 Å². The summed E-state index contributed by atoms with van der Waals surface area (Å²) in [5.74, 6) is 0. The van der Waals surface area contributed by atoms with Crippen molar-refractivity contribution in [3.05, 3.63) is 48.5 Å². The van der Waals surface area contributed by atoms with E-state index in [4.69, 9.17) is 0 Å². The van der Waals surface area contributed by atoms with Crippen molar-refractivity contribution in [2.24, 2.45) is 0 Å². The summed E-state index contributed by atoms with van der Waals surface area (Å²) >= 11 is 0. The lowest BCUT2D eigenvalue weighted by Crippen LogP contribution is -1.98. The Morgan fingerprint density at radius 3 is 1.14 bits per heavy atom. The van der Waals surface area contributed by atoms with Crippen molar-refractivity contribution in [2.45, 2.75) is 9.79 Å². The largest absolute Gasteiger partial charge is 0.356 e. The number of anilines is 2. The highest BCUT2D eigenvalue weighted by Gasteiger charge is 2.07. The van der Waals surface area contributed by atoms with E-state index in [1.54, 1.807) is 24.3 Å². The van der Waals surface area contributed by atoms with Gasteiger partial charge in [-0.1, -0.05) is 0 Å². The zero-order chi connectivity index (χ0) is 15.7. The highest BCUT2D eigenvalue weighted by Crippen LogP contribution is 2.20. The maximum Gasteiger partial charge on any atom is 0.175 e. The summed E-state index contributed by atoms with van der Waals surface area (Å²) in [6, 6.07) is 12.7. The van der Waals surface area contributed by atoms with Gasteiger partial charge in [-0.15, -0.1) is 0 Å². The Kier molecular flexibility index (Phi) is 4.06. The summed E-state index contributed by atoms with van der Waals surface area (Å²) in [4.78, 5) is 0.501. The Balaban J connectivity index is 2.19. The Labute approximate surface area is 124 Å². The van der Waals surface area contributed by atoms with Crippen molar-refractivity contribution in [1.29, 1.82) is 0 Å². The second kappa shape index (κ2) is 5.50. The van der Waals surface area contributed by atoms with Crippen LogP contribution in [0.3, 0.4) is 0 Å². The van der Waals surface area contributed by atoms with Gasteiger partial charge in [-0.2, -0.15) is 0 Å². The van der Waals surface area contributed by atoms with E-state index in [1.807, 2.05) is 0 Å². The molecule has 2 aromatic carbocycles. The van der Waals surface area contributed by atoms with Gasteiger partial charge in [0.25, 0.3) is 0 Å². The Bertz CT molecular complexity index is 763. The molecule has 0 aliphatic carbocycles. The molecular weight excluding hydrogens is 310 g/mol. The fraction of sp³-hybridized carbons (Fsp3) is 0.143. The van der Waals surface area contributed by atoms with Crippen LogP contribution < -0.4 is 5.32 Å². The SMILES string of the molecule is CS(=O)(=O)c1ccc(Nc2ccc(S(C)(=O)=O)cc2)cc1. The van der Waals surface area contributed by atoms with E-state index >= 15 is 0 Å². The molecule has 0 heterocycles. The molecule has 0 aromatic heterocycles. The number of nitrogens with one attached hydrogen (secondary N) is 1. The molecule has 0 amide bonds. The molecule has 21 heavy (non-hydrogen) atoms. The number of hydrogen-bond acceptors (Lipinski definition) is 5. The second-order valence-electron chi connectivity index (χ2n) is 4.72. The summed E-state index contributed by atoms with van der Waals surface area (Å²) in [6.07, 6.45) is 2.30. The minimum Gasteiger partial charge on any atom is -0.356 e. The first kappa shape index (κ1) is 15.5. The third kappa shape index (κ3) is 4.05. The molecule has 0 spiro atoms. The van der Waals surface area contributed by atoms with Crippen LogP contribution in [0.4, 0.5) is 11.4 Å². The van der Waals surface area contributed by atoms with Crippen LogP contribution in [0.15, 0.2) is 58.3 Å². The van der Waals surface area contributed by atoms with E-state index in [9.17, 15) is 16.8 Å². The first-order chi connectivity index (χ1) is 9.66. The predicted octanol–water partition coefficient (Wildman–Crippen LogP) is 2.24. The standard InChI is InChI=1S/C14H15NO4S2/c1-20(16,17)13-7-3-11(4-8-13)15-12-5-9-14(10-6-12)21(2,18)19/h3-10,15H,1-2H3. The highest BCUT2D eigenvalue weighted by molar-refractivity contribution is 7.91. The lowest BCUT2D eigenvalue weighted by Gasteiger charge is -2.08. The van der Waals surface area contributed by atoms with Crippen LogP contribution in [0.5, 0.6) is 0 Å². The molecule has 1 N–H and O–H groups in total. The molecule has 0 fully saturated rings.